The van der Waals surface area contributed by atoms with Gasteiger partial charge in [0, 0.05) is 43.8 Å². The minimum absolute atomic E-state index is 0.898. The largest absolute Gasteiger partial charge is 0.374 e. The summed E-state index contributed by atoms with van der Waals surface area (Å²) in [5, 5.41) is 3.45. The van der Waals surface area contributed by atoms with E-state index in [1.54, 1.807) is 0 Å². The first-order chi connectivity index (χ1) is 9.15. The van der Waals surface area contributed by atoms with Crippen molar-refractivity contribution in [2.24, 2.45) is 0 Å². The van der Waals surface area contributed by atoms with Crippen LogP contribution in [0.4, 0.5) is 5.69 Å². The zero-order chi connectivity index (χ0) is 14.1. The minimum Gasteiger partial charge on any atom is -0.374 e. The summed E-state index contributed by atoms with van der Waals surface area (Å²) in [6.07, 6.45) is 6.18. The first-order valence-corrected chi connectivity index (χ1v) is 7.14. The van der Waals surface area contributed by atoms with Gasteiger partial charge in [-0.3, -0.25) is 4.98 Å². The average molecular weight is 264 g/mol. The van der Waals surface area contributed by atoms with Gasteiger partial charge in [0.1, 0.15) is 0 Å². The van der Waals surface area contributed by atoms with E-state index in [-0.39, 0.29) is 0 Å². The summed E-state index contributed by atoms with van der Waals surface area (Å²) in [6, 6.07) is 2.11. The van der Waals surface area contributed by atoms with Crippen molar-refractivity contribution >= 4 is 5.69 Å². The van der Waals surface area contributed by atoms with Crippen LogP contribution in [0.3, 0.4) is 0 Å². The molecule has 1 rings (SSSR count). The lowest BCUT2D eigenvalue weighted by molar-refractivity contribution is 0.401. The fraction of sp³-hybridized carbons (Fsp3) is 0.667. The van der Waals surface area contributed by atoms with E-state index in [9.17, 15) is 0 Å². The molecule has 0 aliphatic rings. The third kappa shape index (κ3) is 6.03. The van der Waals surface area contributed by atoms with Crippen LogP contribution in [0, 0.1) is 0 Å². The van der Waals surface area contributed by atoms with Crippen molar-refractivity contribution in [1.82, 2.24) is 15.2 Å². The molecule has 1 aromatic heterocycles. The number of rotatable bonds is 9. The second kappa shape index (κ2) is 8.88. The molecule has 4 nitrogen and oxygen atoms in total. The first kappa shape index (κ1) is 15.9. The van der Waals surface area contributed by atoms with Crippen LogP contribution in [0.5, 0.6) is 0 Å². The lowest BCUT2D eigenvalue weighted by atomic mass is 10.2. The van der Waals surface area contributed by atoms with Crippen LogP contribution in [-0.2, 0) is 6.54 Å². The van der Waals surface area contributed by atoms with Crippen LogP contribution >= 0.6 is 0 Å². The Labute approximate surface area is 117 Å². The SMILES string of the molecule is CCCNCc1cnccc1N(C)CCCN(C)C. The maximum Gasteiger partial charge on any atom is 0.0440 e. The molecule has 1 aromatic rings. The minimum atomic E-state index is 0.898. The number of nitrogens with one attached hydrogen (secondary N) is 1. The molecule has 4 heteroatoms. The Kier molecular flexibility index (Phi) is 7.45. The fourth-order valence-electron chi connectivity index (χ4n) is 2.07. The van der Waals surface area contributed by atoms with Crippen molar-refractivity contribution in [3.63, 3.8) is 0 Å². The number of anilines is 1. The molecule has 0 fully saturated rings. The summed E-state index contributed by atoms with van der Waals surface area (Å²) in [7, 11) is 6.40. The molecule has 1 N–H and O–H groups in total. The zero-order valence-corrected chi connectivity index (χ0v) is 12.8. The third-order valence-electron chi connectivity index (χ3n) is 3.13. The van der Waals surface area contributed by atoms with Gasteiger partial charge in [0.2, 0.25) is 0 Å². The van der Waals surface area contributed by atoms with Crippen LogP contribution in [0.25, 0.3) is 0 Å². The van der Waals surface area contributed by atoms with Gasteiger partial charge in [0.05, 0.1) is 0 Å². The van der Waals surface area contributed by atoms with Crippen molar-refractivity contribution < 1.29 is 0 Å². The van der Waals surface area contributed by atoms with Crippen LogP contribution in [0.1, 0.15) is 25.3 Å². The molecule has 0 aliphatic heterocycles. The second-order valence-electron chi connectivity index (χ2n) is 5.26. The van der Waals surface area contributed by atoms with E-state index < -0.39 is 0 Å². The third-order valence-corrected chi connectivity index (χ3v) is 3.13. The highest BCUT2D eigenvalue weighted by molar-refractivity contribution is 5.51. The zero-order valence-electron chi connectivity index (χ0n) is 12.8. The van der Waals surface area contributed by atoms with Crippen molar-refractivity contribution in [2.45, 2.75) is 26.3 Å². The van der Waals surface area contributed by atoms with Gasteiger partial charge in [0.25, 0.3) is 0 Å². The Hall–Kier alpha value is -1.13. The van der Waals surface area contributed by atoms with Gasteiger partial charge >= 0.3 is 0 Å². The molecule has 0 saturated carbocycles. The molecule has 0 bridgehead atoms. The van der Waals surface area contributed by atoms with Crippen LogP contribution in [0.2, 0.25) is 0 Å². The Morgan fingerprint density at radius 3 is 2.68 bits per heavy atom. The van der Waals surface area contributed by atoms with Gasteiger partial charge in [-0.1, -0.05) is 6.92 Å². The molecular formula is C15H28N4. The van der Waals surface area contributed by atoms with Gasteiger partial charge in [0.15, 0.2) is 0 Å². The van der Waals surface area contributed by atoms with Crippen LogP contribution in [0.15, 0.2) is 18.5 Å². The second-order valence-corrected chi connectivity index (χ2v) is 5.26. The summed E-state index contributed by atoms with van der Waals surface area (Å²) in [5.74, 6) is 0. The summed E-state index contributed by atoms with van der Waals surface area (Å²) in [5.41, 5.74) is 2.57. The van der Waals surface area contributed by atoms with Crippen molar-refractivity contribution in [3.05, 3.63) is 24.0 Å². The number of hydrogen-bond donors (Lipinski definition) is 1. The summed E-state index contributed by atoms with van der Waals surface area (Å²) in [6.45, 7) is 6.33. The Bertz CT molecular complexity index is 352. The molecule has 0 aliphatic carbocycles. The quantitative estimate of drug-likeness (QED) is 0.691. The van der Waals surface area contributed by atoms with E-state index in [0.29, 0.717) is 0 Å². The number of nitrogens with zero attached hydrogens (tertiary/aromatic N) is 3. The topological polar surface area (TPSA) is 31.4 Å². The van der Waals surface area contributed by atoms with E-state index in [0.717, 1.165) is 32.6 Å². The van der Waals surface area contributed by atoms with E-state index in [1.165, 1.54) is 17.7 Å². The molecule has 0 spiro atoms. The summed E-state index contributed by atoms with van der Waals surface area (Å²) < 4.78 is 0. The standard InChI is InChI=1S/C15H28N4/c1-5-8-16-12-14-13-17-9-7-15(14)19(4)11-6-10-18(2)3/h7,9,13,16H,5-6,8,10-12H2,1-4H3. The molecule has 0 radical (unpaired) electrons. The molecular weight excluding hydrogens is 236 g/mol. The first-order valence-electron chi connectivity index (χ1n) is 7.14. The van der Waals surface area contributed by atoms with Gasteiger partial charge < -0.3 is 15.1 Å². The summed E-state index contributed by atoms with van der Waals surface area (Å²) in [4.78, 5) is 8.79. The van der Waals surface area contributed by atoms with Crippen LogP contribution in [-0.4, -0.2) is 50.7 Å². The number of aromatic nitrogens is 1. The van der Waals surface area contributed by atoms with E-state index in [4.69, 9.17) is 0 Å². The maximum absolute atomic E-state index is 4.24. The van der Waals surface area contributed by atoms with Crippen molar-refractivity contribution in [3.8, 4) is 0 Å². The highest BCUT2D eigenvalue weighted by Crippen LogP contribution is 2.18. The molecule has 1 heterocycles. The molecule has 0 saturated heterocycles. The summed E-state index contributed by atoms with van der Waals surface area (Å²) >= 11 is 0. The number of hydrogen-bond acceptors (Lipinski definition) is 4. The molecule has 108 valence electrons. The molecule has 19 heavy (non-hydrogen) atoms. The molecule has 0 aromatic carbocycles. The highest BCUT2D eigenvalue weighted by Gasteiger charge is 2.07. The fourth-order valence-corrected chi connectivity index (χ4v) is 2.07. The van der Waals surface area contributed by atoms with Crippen LogP contribution < -0.4 is 10.2 Å². The van der Waals surface area contributed by atoms with Gasteiger partial charge in [-0.05, 0) is 46.1 Å². The average Bonchev–Trinajstić information content (AvgIpc) is 2.39. The molecule has 0 unspecified atom stereocenters. The Morgan fingerprint density at radius 2 is 2.00 bits per heavy atom. The normalized spacial score (nSPS) is 11.0. The van der Waals surface area contributed by atoms with Gasteiger partial charge in [-0.2, -0.15) is 0 Å². The lowest BCUT2D eigenvalue weighted by Gasteiger charge is -2.23. The Balaban J connectivity index is 2.54. The molecule has 0 atom stereocenters. The molecule has 0 amide bonds. The maximum atomic E-state index is 4.24. The van der Waals surface area contributed by atoms with E-state index in [1.807, 2.05) is 12.4 Å². The smallest absolute Gasteiger partial charge is 0.0440 e. The van der Waals surface area contributed by atoms with Gasteiger partial charge in [-0.25, -0.2) is 0 Å². The lowest BCUT2D eigenvalue weighted by Crippen LogP contribution is -2.25. The van der Waals surface area contributed by atoms with E-state index >= 15 is 0 Å². The highest BCUT2D eigenvalue weighted by atomic mass is 15.1. The monoisotopic (exact) mass is 264 g/mol. The predicted octanol–water partition coefficient (Wildman–Crippen LogP) is 1.97. The predicted molar refractivity (Wildman–Crippen MR) is 82.7 cm³/mol. The van der Waals surface area contributed by atoms with E-state index in [2.05, 4.69) is 54.2 Å². The Morgan fingerprint density at radius 1 is 1.21 bits per heavy atom. The van der Waals surface area contributed by atoms with Crippen molar-refractivity contribution in [2.75, 3.05) is 45.7 Å². The van der Waals surface area contributed by atoms with Gasteiger partial charge in [-0.15, -0.1) is 0 Å². The van der Waals surface area contributed by atoms with Crippen molar-refractivity contribution in [1.29, 1.82) is 0 Å². The number of pyridine rings is 1.